The molecule has 0 spiro atoms. The first-order valence-corrected chi connectivity index (χ1v) is 10.5. The first-order chi connectivity index (χ1) is 11.3. The molecular formula is C16H21N3O3S2. The molecular weight excluding hydrogens is 346 g/mol. The predicted molar refractivity (Wildman–Crippen MR) is 98.5 cm³/mol. The van der Waals surface area contributed by atoms with Crippen molar-refractivity contribution in [2.24, 2.45) is 4.99 Å². The Hall–Kier alpha value is -1.54. The molecule has 8 heteroatoms. The van der Waals surface area contributed by atoms with Crippen molar-refractivity contribution in [3.05, 3.63) is 29.8 Å². The molecule has 0 saturated carbocycles. The summed E-state index contributed by atoms with van der Waals surface area (Å²) in [6.45, 7) is 2.01. The molecule has 0 aromatic heterocycles. The highest BCUT2D eigenvalue weighted by molar-refractivity contribution is 8.14. The molecule has 2 aliphatic heterocycles. The lowest BCUT2D eigenvalue weighted by Crippen LogP contribution is -2.39. The number of hydrogen-bond acceptors (Lipinski definition) is 6. The van der Waals surface area contributed by atoms with Crippen molar-refractivity contribution < 1.29 is 13.2 Å². The van der Waals surface area contributed by atoms with Crippen LogP contribution in [-0.2, 0) is 14.6 Å². The summed E-state index contributed by atoms with van der Waals surface area (Å²) in [5.74, 6) is 0.503. The normalized spacial score (nSPS) is 24.6. The van der Waals surface area contributed by atoms with Crippen molar-refractivity contribution in [1.82, 2.24) is 4.90 Å². The van der Waals surface area contributed by atoms with E-state index >= 15 is 0 Å². The molecule has 3 rings (SSSR count). The molecule has 0 unspecified atom stereocenters. The molecule has 1 amide bonds. The fourth-order valence-corrected chi connectivity index (χ4v) is 5.84. The summed E-state index contributed by atoms with van der Waals surface area (Å²) in [6.07, 6.45) is 0. The number of sulfone groups is 1. The standard InChI is InChI=1S/C16H21N3O3S2/c1-11-4-6-12(7-5-11)19-14-10-24(21,22)9-13(14)17-16(19)23-8-15(20)18(2)3/h4-7,13-14H,8-10H2,1-3H3/t13-,14-/m1/s1. The van der Waals surface area contributed by atoms with Gasteiger partial charge in [0.25, 0.3) is 0 Å². The molecule has 2 aliphatic rings. The van der Waals surface area contributed by atoms with E-state index in [0.29, 0.717) is 5.75 Å². The van der Waals surface area contributed by atoms with Gasteiger partial charge < -0.3 is 9.80 Å². The molecule has 1 saturated heterocycles. The fourth-order valence-electron chi connectivity index (χ4n) is 2.90. The van der Waals surface area contributed by atoms with E-state index in [1.807, 2.05) is 36.1 Å². The highest BCUT2D eigenvalue weighted by atomic mass is 32.2. The number of amides is 1. The quantitative estimate of drug-likeness (QED) is 0.802. The number of anilines is 1. The van der Waals surface area contributed by atoms with Crippen molar-refractivity contribution in [2.45, 2.75) is 19.0 Å². The second kappa shape index (κ2) is 6.40. The average molecular weight is 367 g/mol. The SMILES string of the molecule is Cc1ccc(N2C(SCC(=O)N(C)C)=N[C@@H]3CS(=O)(=O)C[C@H]32)cc1. The topological polar surface area (TPSA) is 70.1 Å². The number of benzene rings is 1. The highest BCUT2D eigenvalue weighted by Gasteiger charge is 2.47. The second-order valence-electron chi connectivity index (χ2n) is 6.41. The van der Waals surface area contributed by atoms with Gasteiger partial charge >= 0.3 is 0 Å². The van der Waals surface area contributed by atoms with Crippen LogP contribution in [0.5, 0.6) is 0 Å². The van der Waals surface area contributed by atoms with Crippen LogP contribution in [0.15, 0.2) is 29.3 Å². The summed E-state index contributed by atoms with van der Waals surface area (Å²) in [5, 5.41) is 0.735. The van der Waals surface area contributed by atoms with Gasteiger partial charge in [0.05, 0.1) is 29.3 Å². The zero-order valence-corrected chi connectivity index (χ0v) is 15.6. The zero-order valence-electron chi connectivity index (χ0n) is 14.0. The minimum Gasteiger partial charge on any atom is -0.348 e. The van der Waals surface area contributed by atoms with E-state index in [-0.39, 0.29) is 29.5 Å². The van der Waals surface area contributed by atoms with Crippen LogP contribution in [0.3, 0.4) is 0 Å². The molecule has 2 heterocycles. The van der Waals surface area contributed by atoms with E-state index in [9.17, 15) is 13.2 Å². The van der Waals surface area contributed by atoms with Gasteiger partial charge in [-0.15, -0.1) is 0 Å². The molecule has 24 heavy (non-hydrogen) atoms. The van der Waals surface area contributed by atoms with Gasteiger partial charge in [0.2, 0.25) is 5.91 Å². The molecule has 0 aliphatic carbocycles. The van der Waals surface area contributed by atoms with Gasteiger partial charge in [-0.05, 0) is 19.1 Å². The van der Waals surface area contributed by atoms with Gasteiger partial charge in [-0.1, -0.05) is 29.5 Å². The summed E-state index contributed by atoms with van der Waals surface area (Å²) < 4.78 is 23.9. The zero-order chi connectivity index (χ0) is 17.5. The smallest absolute Gasteiger partial charge is 0.232 e. The maximum absolute atomic E-state index is 12.0. The first-order valence-electron chi connectivity index (χ1n) is 7.74. The number of aliphatic imine (C=N–C) groups is 1. The van der Waals surface area contributed by atoms with Crippen molar-refractivity contribution in [3.63, 3.8) is 0 Å². The second-order valence-corrected chi connectivity index (χ2v) is 9.50. The summed E-state index contributed by atoms with van der Waals surface area (Å²) in [4.78, 5) is 20.0. The molecule has 130 valence electrons. The molecule has 2 atom stereocenters. The maximum atomic E-state index is 12.0. The van der Waals surface area contributed by atoms with E-state index in [1.165, 1.54) is 11.8 Å². The lowest BCUT2D eigenvalue weighted by molar-refractivity contribution is -0.125. The Kier molecular flexibility index (Phi) is 4.61. The van der Waals surface area contributed by atoms with E-state index in [0.717, 1.165) is 16.4 Å². The van der Waals surface area contributed by atoms with Crippen molar-refractivity contribution in [2.75, 3.05) is 36.3 Å². The van der Waals surface area contributed by atoms with Gasteiger partial charge in [-0.2, -0.15) is 0 Å². The van der Waals surface area contributed by atoms with Crippen LogP contribution >= 0.6 is 11.8 Å². The van der Waals surface area contributed by atoms with Crippen LogP contribution in [0.2, 0.25) is 0 Å². The summed E-state index contributed by atoms with van der Waals surface area (Å²) >= 11 is 1.37. The van der Waals surface area contributed by atoms with Crippen LogP contribution in [0, 0.1) is 6.92 Å². The largest absolute Gasteiger partial charge is 0.348 e. The van der Waals surface area contributed by atoms with Crippen LogP contribution < -0.4 is 4.90 Å². The number of amidine groups is 1. The van der Waals surface area contributed by atoms with Gasteiger partial charge in [0.1, 0.15) is 0 Å². The molecule has 0 radical (unpaired) electrons. The lowest BCUT2D eigenvalue weighted by Gasteiger charge is -2.26. The van der Waals surface area contributed by atoms with Crippen LogP contribution in [0.4, 0.5) is 5.69 Å². The van der Waals surface area contributed by atoms with Crippen LogP contribution in [0.1, 0.15) is 5.56 Å². The van der Waals surface area contributed by atoms with Crippen molar-refractivity contribution in [1.29, 1.82) is 0 Å². The Morgan fingerprint density at radius 3 is 2.58 bits per heavy atom. The van der Waals surface area contributed by atoms with Gasteiger partial charge in [0.15, 0.2) is 15.0 Å². The monoisotopic (exact) mass is 367 g/mol. The van der Waals surface area contributed by atoms with Crippen molar-refractivity contribution >= 4 is 38.4 Å². The maximum Gasteiger partial charge on any atom is 0.232 e. The third-order valence-corrected chi connectivity index (χ3v) is 6.89. The van der Waals surface area contributed by atoms with Gasteiger partial charge in [0, 0.05) is 19.8 Å². The minimum atomic E-state index is -3.06. The first kappa shape index (κ1) is 17.3. The Bertz CT molecular complexity index is 772. The number of nitrogens with zero attached hydrogens (tertiary/aromatic N) is 3. The van der Waals surface area contributed by atoms with E-state index in [2.05, 4.69) is 4.99 Å². The van der Waals surface area contributed by atoms with Gasteiger partial charge in [-0.25, -0.2) is 8.42 Å². The minimum absolute atomic E-state index is 0.0104. The Morgan fingerprint density at radius 2 is 1.96 bits per heavy atom. The summed E-state index contributed by atoms with van der Waals surface area (Å²) in [6, 6.07) is 7.54. The van der Waals surface area contributed by atoms with E-state index in [4.69, 9.17) is 0 Å². The Morgan fingerprint density at radius 1 is 1.29 bits per heavy atom. The molecule has 1 fully saturated rings. The Balaban J connectivity index is 1.87. The number of fused-ring (bicyclic) bond motifs is 1. The Labute approximate surface area is 146 Å². The van der Waals surface area contributed by atoms with E-state index in [1.54, 1.807) is 19.0 Å². The molecule has 6 nitrogen and oxygen atoms in total. The number of rotatable bonds is 3. The number of hydrogen-bond donors (Lipinski definition) is 0. The summed E-state index contributed by atoms with van der Waals surface area (Å²) in [7, 11) is 0.385. The third-order valence-electron chi connectivity index (χ3n) is 4.24. The molecule has 1 aromatic rings. The summed E-state index contributed by atoms with van der Waals surface area (Å²) in [5.41, 5.74) is 2.07. The molecule has 0 bridgehead atoms. The average Bonchev–Trinajstić information content (AvgIpc) is 2.97. The van der Waals surface area contributed by atoms with Crippen LogP contribution in [-0.4, -0.2) is 67.8 Å². The number of carbonyl (C=O) groups excluding carboxylic acids is 1. The third kappa shape index (κ3) is 3.44. The van der Waals surface area contributed by atoms with Gasteiger partial charge in [-0.3, -0.25) is 9.79 Å². The molecule has 0 N–H and O–H groups in total. The number of aryl methyl sites for hydroxylation is 1. The predicted octanol–water partition coefficient (Wildman–Crippen LogP) is 1.16. The number of carbonyl (C=O) groups is 1. The van der Waals surface area contributed by atoms with Crippen LogP contribution in [0.25, 0.3) is 0 Å². The lowest BCUT2D eigenvalue weighted by atomic mass is 10.1. The fraction of sp³-hybridized carbons (Fsp3) is 0.500. The van der Waals surface area contributed by atoms with E-state index < -0.39 is 9.84 Å². The van der Waals surface area contributed by atoms with Crippen molar-refractivity contribution in [3.8, 4) is 0 Å². The number of thioether (sulfide) groups is 1. The molecule has 1 aromatic carbocycles. The highest BCUT2D eigenvalue weighted by Crippen LogP contribution is 2.35.